The van der Waals surface area contributed by atoms with E-state index >= 15 is 4.39 Å². The van der Waals surface area contributed by atoms with Crippen LogP contribution in [0.5, 0.6) is 11.5 Å². The summed E-state index contributed by atoms with van der Waals surface area (Å²) < 4.78 is 28.1. The summed E-state index contributed by atoms with van der Waals surface area (Å²) in [4.78, 5) is 13.3. The first kappa shape index (κ1) is 21.8. The topological polar surface area (TPSA) is 72.7 Å². The third kappa shape index (κ3) is 3.74. The van der Waals surface area contributed by atoms with E-state index in [1.807, 2.05) is 24.3 Å². The summed E-state index contributed by atoms with van der Waals surface area (Å²) in [7, 11) is 0. The number of hydrogen-bond donors (Lipinski definition) is 2. The maximum atomic E-state index is 15.2. The molecule has 1 saturated carbocycles. The molecular formula is C26H29FN2O4. The van der Waals surface area contributed by atoms with E-state index in [1.165, 1.54) is 6.07 Å². The Balaban J connectivity index is 1.46. The number of amides is 1. The second-order valence-corrected chi connectivity index (χ2v) is 10.0. The Bertz CT molecular complexity index is 1240. The largest absolute Gasteiger partial charge is 0.454 e. The molecule has 5 rings (SSSR count). The van der Waals surface area contributed by atoms with Crippen molar-refractivity contribution in [1.82, 2.24) is 4.57 Å². The molecule has 3 aromatic rings. The van der Waals surface area contributed by atoms with Gasteiger partial charge in [-0.15, -0.1) is 0 Å². The predicted octanol–water partition coefficient (Wildman–Crippen LogP) is 4.86. The van der Waals surface area contributed by atoms with Crippen LogP contribution in [0, 0.1) is 5.82 Å². The van der Waals surface area contributed by atoms with E-state index in [0.717, 1.165) is 22.2 Å². The summed E-state index contributed by atoms with van der Waals surface area (Å²) in [6.07, 6.45) is 1.99. The van der Waals surface area contributed by atoms with Crippen molar-refractivity contribution in [2.24, 2.45) is 0 Å². The number of carbonyl (C=O) groups excluding carboxylic acids is 1. The lowest BCUT2D eigenvalue weighted by atomic mass is 9.92. The Kier molecular flexibility index (Phi) is 5.12. The summed E-state index contributed by atoms with van der Waals surface area (Å²) in [6, 6.07) is 10.8. The molecule has 1 fully saturated rings. The smallest absolute Gasteiger partial charge is 0.235 e. The van der Waals surface area contributed by atoms with Gasteiger partial charge in [-0.3, -0.25) is 4.79 Å². The van der Waals surface area contributed by atoms with Gasteiger partial charge in [0.1, 0.15) is 5.82 Å². The summed E-state index contributed by atoms with van der Waals surface area (Å²) in [6.45, 7) is 7.18. The number of carbonyl (C=O) groups is 1. The van der Waals surface area contributed by atoms with Crippen LogP contribution in [0.2, 0.25) is 0 Å². The minimum Gasteiger partial charge on any atom is -0.454 e. The van der Waals surface area contributed by atoms with Gasteiger partial charge in [0.25, 0.3) is 0 Å². The number of hydrogen-bond acceptors (Lipinski definition) is 4. The summed E-state index contributed by atoms with van der Waals surface area (Å²) >= 11 is 0. The molecular weight excluding hydrogens is 423 g/mol. The lowest BCUT2D eigenvalue weighted by molar-refractivity contribution is -0.118. The zero-order valence-electron chi connectivity index (χ0n) is 19.2. The lowest BCUT2D eigenvalue weighted by Crippen LogP contribution is -2.28. The molecule has 174 valence electrons. The van der Waals surface area contributed by atoms with Gasteiger partial charge < -0.3 is 24.5 Å². The number of aliphatic hydroxyl groups is 1. The highest BCUT2D eigenvalue weighted by Crippen LogP contribution is 2.51. The van der Waals surface area contributed by atoms with E-state index < -0.39 is 11.2 Å². The highest BCUT2D eigenvalue weighted by Gasteiger charge is 2.52. The molecule has 2 aliphatic rings. The molecule has 2 N–H and O–H groups in total. The fourth-order valence-corrected chi connectivity index (χ4v) is 4.68. The van der Waals surface area contributed by atoms with E-state index in [-0.39, 0.29) is 30.4 Å². The molecule has 1 aliphatic carbocycles. The number of nitrogens with one attached hydrogen (secondary N) is 1. The van der Waals surface area contributed by atoms with Crippen LogP contribution < -0.4 is 14.8 Å². The van der Waals surface area contributed by atoms with Crippen molar-refractivity contribution in [2.45, 2.75) is 57.4 Å². The number of aliphatic hydroxyl groups excluding tert-OH is 1. The Labute approximate surface area is 192 Å². The first-order valence-electron chi connectivity index (χ1n) is 11.4. The number of anilines is 1. The third-order valence-electron chi connectivity index (χ3n) is 6.66. The Morgan fingerprint density at radius 2 is 1.91 bits per heavy atom. The minimum atomic E-state index is -0.675. The number of nitrogens with zero attached hydrogens (tertiary/aromatic N) is 1. The first-order chi connectivity index (χ1) is 15.7. The molecule has 0 saturated heterocycles. The van der Waals surface area contributed by atoms with Crippen LogP contribution >= 0.6 is 0 Å². The van der Waals surface area contributed by atoms with Crippen LogP contribution in [-0.2, 0) is 22.2 Å². The standard InChI is InChI=1S/C26H29FN2O4/c1-25(2,3)23-12-16-11-19(18(27)14-20(16)29(23)9-4-10-30)28-24(31)26(7-8-26)17-5-6-21-22(13-17)33-15-32-21/h5-6,11-14,30H,4,7-10,15H2,1-3H3,(H,28,31). The van der Waals surface area contributed by atoms with Gasteiger partial charge in [0.15, 0.2) is 11.5 Å². The van der Waals surface area contributed by atoms with Gasteiger partial charge in [0, 0.05) is 35.7 Å². The van der Waals surface area contributed by atoms with E-state index in [2.05, 4.69) is 30.7 Å². The van der Waals surface area contributed by atoms with Crippen molar-refractivity contribution in [3.8, 4) is 11.5 Å². The maximum Gasteiger partial charge on any atom is 0.235 e. The molecule has 6 nitrogen and oxygen atoms in total. The van der Waals surface area contributed by atoms with E-state index in [0.29, 0.717) is 37.3 Å². The molecule has 0 atom stereocenters. The highest BCUT2D eigenvalue weighted by molar-refractivity contribution is 6.02. The Hall–Kier alpha value is -3.06. The van der Waals surface area contributed by atoms with Gasteiger partial charge in [-0.25, -0.2) is 4.39 Å². The molecule has 1 amide bonds. The normalized spacial score (nSPS) is 16.3. The van der Waals surface area contributed by atoms with Gasteiger partial charge in [0.2, 0.25) is 12.7 Å². The molecule has 0 bridgehead atoms. The quantitative estimate of drug-likeness (QED) is 0.560. The van der Waals surface area contributed by atoms with Crippen molar-refractivity contribution in [3.63, 3.8) is 0 Å². The minimum absolute atomic E-state index is 0.0713. The zero-order chi connectivity index (χ0) is 23.4. The lowest BCUT2D eigenvalue weighted by Gasteiger charge is -2.22. The second kappa shape index (κ2) is 7.76. The van der Waals surface area contributed by atoms with E-state index in [9.17, 15) is 9.90 Å². The van der Waals surface area contributed by atoms with E-state index in [1.54, 1.807) is 6.07 Å². The van der Waals surface area contributed by atoms with Crippen molar-refractivity contribution in [3.05, 3.63) is 53.5 Å². The second-order valence-electron chi connectivity index (χ2n) is 10.0. The van der Waals surface area contributed by atoms with Gasteiger partial charge in [-0.05, 0) is 49.1 Å². The number of rotatable bonds is 6. The Morgan fingerprint density at radius 1 is 1.15 bits per heavy atom. The van der Waals surface area contributed by atoms with Gasteiger partial charge in [-0.2, -0.15) is 0 Å². The third-order valence-corrected chi connectivity index (χ3v) is 6.66. The first-order valence-corrected chi connectivity index (χ1v) is 11.4. The van der Waals surface area contributed by atoms with Crippen LogP contribution in [0.1, 0.15) is 51.3 Å². The highest BCUT2D eigenvalue weighted by atomic mass is 19.1. The van der Waals surface area contributed by atoms with Gasteiger partial charge in [-0.1, -0.05) is 26.8 Å². The molecule has 0 spiro atoms. The number of fused-ring (bicyclic) bond motifs is 2. The number of ether oxygens (including phenoxy) is 2. The molecule has 2 aromatic carbocycles. The maximum absolute atomic E-state index is 15.2. The summed E-state index contributed by atoms with van der Waals surface area (Å²) in [5, 5.41) is 13.0. The van der Waals surface area contributed by atoms with Crippen LogP contribution in [0.15, 0.2) is 36.4 Å². The van der Waals surface area contributed by atoms with Crippen LogP contribution in [0.3, 0.4) is 0 Å². The molecule has 2 heterocycles. The van der Waals surface area contributed by atoms with Gasteiger partial charge >= 0.3 is 0 Å². The van der Waals surface area contributed by atoms with Crippen LogP contribution in [0.25, 0.3) is 10.9 Å². The number of aryl methyl sites for hydroxylation is 1. The Morgan fingerprint density at radius 3 is 2.61 bits per heavy atom. The van der Waals surface area contributed by atoms with Crippen molar-refractivity contribution in [2.75, 3.05) is 18.7 Å². The van der Waals surface area contributed by atoms with Crippen LogP contribution in [0.4, 0.5) is 10.1 Å². The molecule has 7 heteroatoms. The monoisotopic (exact) mass is 452 g/mol. The number of halogens is 1. The number of aromatic nitrogens is 1. The van der Waals surface area contributed by atoms with Crippen molar-refractivity contribution < 1.29 is 23.8 Å². The van der Waals surface area contributed by atoms with E-state index in [4.69, 9.17) is 9.47 Å². The fourth-order valence-electron chi connectivity index (χ4n) is 4.68. The molecule has 33 heavy (non-hydrogen) atoms. The van der Waals surface area contributed by atoms with Crippen molar-refractivity contribution in [1.29, 1.82) is 0 Å². The molecule has 1 aliphatic heterocycles. The predicted molar refractivity (Wildman–Crippen MR) is 124 cm³/mol. The van der Waals surface area contributed by atoms with Crippen LogP contribution in [-0.4, -0.2) is 29.0 Å². The summed E-state index contributed by atoms with van der Waals surface area (Å²) in [5.41, 5.74) is 2.04. The average Bonchev–Trinajstić information content (AvgIpc) is 3.31. The van der Waals surface area contributed by atoms with Crippen molar-refractivity contribution >= 4 is 22.5 Å². The molecule has 0 unspecified atom stereocenters. The zero-order valence-corrected chi connectivity index (χ0v) is 19.2. The van der Waals surface area contributed by atoms with Gasteiger partial charge in [0.05, 0.1) is 16.6 Å². The average molecular weight is 453 g/mol. The fraction of sp³-hybridized carbons (Fsp3) is 0.423. The SMILES string of the molecule is CC(C)(C)c1cc2cc(NC(=O)C3(c4ccc5c(c4)OCO5)CC3)c(F)cc2n1CCCO. The summed E-state index contributed by atoms with van der Waals surface area (Å²) in [5.74, 6) is 0.626. The molecule has 0 radical (unpaired) electrons. The molecule has 1 aromatic heterocycles. The number of benzene rings is 2.